The van der Waals surface area contributed by atoms with Crippen molar-refractivity contribution in [2.45, 2.75) is 12.8 Å². The molecule has 1 aromatic carbocycles. The van der Waals surface area contributed by atoms with Crippen molar-refractivity contribution in [3.63, 3.8) is 0 Å². The number of rotatable bonds is 4. The molecule has 1 amide bonds. The minimum absolute atomic E-state index is 0.221. The number of carbonyl (C=O) groups excluding carboxylic acids is 1. The Balaban J connectivity index is 1.57. The molecule has 2 aliphatic rings. The second kappa shape index (κ2) is 7.33. The van der Waals surface area contributed by atoms with E-state index in [1.165, 1.54) is 5.56 Å². The van der Waals surface area contributed by atoms with Crippen LogP contribution in [-0.2, 0) is 16.0 Å². The summed E-state index contributed by atoms with van der Waals surface area (Å²) >= 11 is 0. The number of hydrogen-bond acceptors (Lipinski definition) is 4. The summed E-state index contributed by atoms with van der Waals surface area (Å²) in [7, 11) is 0. The number of pyridine rings is 1. The predicted octanol–water partition coefficient (Wildman–Crippen LogP) is 2.36. The number of benzene rings is 1. The van der Waals surface area contributed by atoms with E-state index < -0.39 is 0 Å². The van der Waals surface area contributed by atoms with Crippen LogP contribution >= 0.6 is 0 Å². The van der Waals surface area contributed by atoms with Gasteiger partial charge in [-0.25, -0.2) is 0 Å². The molecule has 2 aliphatic heterocycles. The maximum atomic E-state index is 12.5. The van der Waals surface area contributed by atoms with E-state index in [-0.39, 0.29) is 5.91 Å². The lowest BCUT2D eigenvalue weighted by atomic mass is 9.98. The smallest absolute Gasteiger partial charge is 0.227 e. The van der Waals surface area contributed by atoms with E-state index in [2.05, 4.69) is 28.1 Å². The zero-order chi connectivity index (χ0) is 17.1. The maximum absolute atomic E-state index is 12.5. The van der Waals surface area contributed by atoms with Crippen molar-refractivity contribution in [3.8, 4) is 11.3 Å². The Morgan fingerprint density at radius 1 is 1.04 bits per heavy atom. The highest BCUT2D eigenvalue weighted by molar-refractivity contribution is 5.97. The lowest BCUT2D eigenvalue weighted by Gasteiger charge is -2.33. The van der Waals surface area contributed by atoms with Gasteiger partial charge in [-0.2, -0.15) is 0 Å². The Morgan fingerprint density at radius 2 is 1.92 bits per heavy atom. The molecule has 0 saturated carbocycles. The fraction of sp³-hybridized carbons (Fsp3) is 0.400. The van der Waals surface area contributed by atoms with E-state index >= 15 is 0 Å². The molecule has 0 atom stereocenters. The first-order valence-electron chi connectivity index (χ1n) is 8.96. The molecule has 4 rings (SSSR count). The number of morpholine rings is 1. The molecule has 1 aromatic heterocycles. The topological polar surface area (TPSA) is 45.7 Å². The molecule has 3 heterocycles. The summed E-state index contributed by atoms with van der Waals surface area (Å²) < 4.78 is 5.40. The molecule has 1 fully saturated rings. The summed E-state index contributed by atoms with van der Waals surface area (Å²) in [5.74, 6) is 0.221. The van der Waals surface area contributed by atoms with Crippen LogP contribution in [0.15, 0.2) is 42.6 Å². The van der Waals surface area contributed by atoms with Crippen LogP contribution in [0.2, 0.25) is 0 Å². The number of aryl methyl sites for hydroxylation is 1. The fourth-order valence-corrected chi connectivity index (χ4v) is 3.54. The monoisotopic (exact) mass is 337 g/mol. The minimum Gasteiger partial charge on any atom is -0.379 e. The van der Waals surface area contributed by atoms with Gasteiger partial charge in [-0.05, 0) is 30.2 Å². The van der Waals surface area contributed by atoms with Crippen molar-refractivity contribution < 1.29 is 9.53 Å². The van der Waals surface area contributed by atoms with Gasteiger partial charge in [-0.15, -0.1) is 0 Å². The van der Waals surface area contributed by atoms with Crippen LogP contribution in [0.3, 0.4) is 0 Å². The summed E-state index contributed by atoms with van der Waals surface area (Å²) in [6.45, 7) is 5.09. The Kier molecular flexibility index (Phi) is 4.76. The number of aromatic nitrogens is 1. The van der Waals surface area contributed by atoms with Crippen LogP contribution in [0.5, 0.6) is 0 Å². The molecule has 0 spiro atoms. The zero-order valence-electron chi connectivity index (χ0n) is 14.4. The Bertz CT molecular complexity index is 742. The SMILES string of the molecule is O=C1CCc2ccc(-c3ccccn3)cc2N1CCN1CCOCC1. The Morgan fingerprint density at radius 3 is 2.72 bits per heavy atom. The molecule has 5 nitrogen and oxygen atoms in total. The number of fused-ring (bicyclic) bond motifs is 1. The van der Waals surface area contributed by atoms with Gasteiger partial charge in [-0.3, -0.25) is 14.7 Å². The van der Waals surface area contributed by atoms with Gasteiger partial charge in [0.15, 0.2) is 0 Å². The van der Waals surface area contributed by atoms with Crippen LogP contribution in [-0.4, -0.2) is 55.2 Å². The van der Waals surface area contributed by atoms with Crippen molar-refractivity contribution in [1.29, 1.82) is 0 Å². The van der Waals surface area contributed by atoms with E-state index in [4.69, 9.17) is 4.74 Å². The molecule has 0 N–H and O–H groups in total. The van der Waals surface area contributed by atoms with Crippen molar-refractivity contribution in [3.05, 3.63) is 48.2 Å². The molecular formula is C20H23N3O2. The zero-order valence-corrected chi connectivity index (χ0v) is 14.4. The second-order valence-corrected chi connectivity index (χ2v) is 6.56. The van der Waals surface area contributed by atoms with E-state index in [1.807, 2.05) is 23.1 Å². The summed E-state index contributed by atoms with van der Waals surface area (Å²) in [5, 5.41) is 0. The molecule has 25 heavy (non-hydrogen) atoms. The summed E-state index contributed by atoms with van der Waals surface area (Å²) in [4.78, 5) is 21.3. The first-order chi connectivity index (χ1) is 12.3. The van der Waals surface area contributed by atoms with Crippen molar-refractivity contribution in [2.24, 2.45) is 0 Å². The van der Waals surface area contributed by atoms with Crippen LogP contribution in [0.1, 0.15) is 12.0 Å². The minimum atomic E-state index is 0.221. The first kappa shape index (κ1) is 16.2. The van der Waals surface area contributed by atoms with Gasteiger partial charge in [0.05, 0.1) is 18.9 Å². The molecule has 0 unspecified atom stereocenters. The molecule has 5 heteroatoms. The highest BCUT2D eigenvalue weighted by Gasteiger charge is 2.25. The fourth-order valence-electron chi connectivity index (χ4n) is 3.54. The van der Waals surface area contributed by atoms with Gasteiger partial charge in [-0.1, -0.05) is 18.2 Å². The quantitative estimate of drug-likeness (QED) is 0.859. The number of carbonyl (C=O) groups is 1. The molecule has 0 bridgehead atoms. The number of nitrogens with zero attached hydrogens (tertiary/aromatic N) is 3. The summed E-state index contributed by atoms with van der Waals surface area (Å²) in [6.07, 6.45) is 3.22. The normalized spacial score (nSPS) is 18.2. The standard InChI is InChI=1S/C20H23N3O2/c24-20-7-6-16-4-5-17(18-3-1-2-8-21-18)15-19(16)23(20)10-9-22-11-13-25-14-12-22/h1-5,8,15H,6-7,9-14H2. The number of amides is 1. The average molecular weight is 337 g/mol. The van der Waals surface area contributed by atoms with Crippen molar-refractivity contribution >= 4 is 11.6 Å². The average Bonchev–Trinajstić information content (AvgIpc) is 2.68. The third-order valence-electron chi connectivity index (χ3n) is 4.99. The maximum Gasteiger partial charge on any atom is 0.227 e. The van der Waals surface area contributed by atoms with Crippen LogP contribution in [0.25, 0.3) is 11.3 Å². The lowest BCUT2D eigenvalue weighted by Crippen LogP contribution is -2.44. The number of anilines is 1. The van der Waals surface area contributed by atoms with Gasteiger partial charge in [0.2, 0.25) is 5.91 Å². The van der Waals surface area contributed by atoms with E-state index in [1.54, 1.807) is 6.20 Å². The van der Waals surface area contributed by atoms with Crippen molar-refractivity contribution in [1.82, 2.24) is 9.88 Å². The van der Waals surface area contributed by atoms with Gasteiger partial charge >= 0.3 is 0 Å². The molecule has 0 radical (unpaired) electrons. The number of hydrogen-bond donors (Lipinski definition) is 0. The largest absolute Gasteiger partial charge is 0.379 e. The van der Waals surface area contributed by atoms with Gasteiger partial charge in [0.25, 0.3) is 0 Å². The van der Waals surface area contributed by atoms with E-state index in [0.717, 1.165) is 62.8 Å². The van der Waals surface area contributed by atoms with Gasteiger partial charge in [0.1, 0.15) is 0 Å². The van der Waals surface area contributed by atoms with E-state index in [9.17, 15) is 4.79 Å². The first-order valence-corrected chi connectivity index (χ1v) is 8.96. The summed E-state index contributed by atoms with van der Waals surface area (Å²) in [5.41, 5.74) is 4.30. The second-order valence-electron chi connectivity index (χ2n) is 6.56. The van der Waals surface area contributed by atoms with Crippen LogP contribution in [0, 0.1) is 0 Å². The highest BCUT2D eigenvalue weighted by atomic mass is 16.5. The third-order valence-corrected chi connectivity index (χ3v) is 4.99. The number of ether oxygens (including phenoxy) is 1. The summed E-state index contributed by atoms with van der Waals surface area (Å²) in [6, 6.07) is 12.3. The van der Waals surface area contributed by atoms with Crippen LogP contribution < -0.4 is 4.90 Å². The Labute approximate surface area is 148 Å². The molecule has 2 aromatic rings. The Hall–Kier alpha value is -2.24. The van der Waals surface area contributed by atoms with Gasteiger partial charge < -0.3 is 9.64 Å². The molecule has 1 saturated heterocycles. The molecule has 0 aliphatic carbocycles. The van der Waals surface area contributed by atoms with Crippen molar-refractivity contribution in [2.75, 3.05) is 44.3 Å². The lowest BCUT2D eigenvalue weighted by molar-refractivity contribution is -0.119. The highest BCUT2D eigenvalue weighted by Crippen LogP contribution is 2.32. The predicted molar refractivity (Wildman–Crippen MR) is 97.6 cm³/mol. The van der Waals surface area contributed by atoms with Gasteiger partial charge in [0, 0.05) is 50.0 Å². The third kappa shape index (κ3) is 3.57. The van der Waals surface area contributed by atoms with Crippen LogP contribution in [0.4, 0.5) is 5.69 Å². The molecule has 130 valence electrons. The molecular weight excluding hydrogens is 314 g/mol. The van der Waals surface area contributed by atoms with E-state index in [0.29, 0.717) is 6.42 Å².